The lowest BCUT2D eigenvalue weighted by molar-refractivity contribution is 0.0312. The van der Waals surface area contributed by atoms with Crippen LogP contribution >= 0.6 is 0 Å². The average Bonchev–Trinajstić information content (AvgIpc) is 3.17. The zero-order chi connectivity index (χ0) is 13.9. The quantitative estimate of drug-likeness (QED) is 0.724. The predicted octanol–water partition coefficient (Wildman–Crippen LogP) is 4.73. The molecular weight excluding hydrogens is 254 g/mol. The lowest BCUT2D eigenvalue weighted by atomic mass is 9.54. The van der Waals surface area contributed by atoms with Crippen LogP contribution in [-0.4, -0.2) is 5.54 Å². The van der Waals surface area contributed by atoms with Gasteiger partial charge in [-0.1, -0.05) is 38.0 Å². The number of benzene rings is 1. The van der Waals surface area contributed by atoms with Crippen molar-refractivity contribution in [3.8, 4) is 0 Å². The highest BCUT2D eigenvalue weighted by Gasteiger charge is 2.81. The van der Waals surface area contributed by atoms with E-state index in [-0.39, 0.29) is 0 Å². The summed E-state index contributed by atoms with van der Waals surface area (Å²) in [6.07, 6.45) is 10.4. The van der Waals surface area contributed by atoms with Gasteiger partial charge in [0, 0.05) is 11.1 Å². The second-order valence-electron chi connectivity index (χ2n) is 8.74. The summed E-state index contributed by atoms with van der Waals surface area (Å²) in [5.74, 6) is 2.88. The first kappa shape index (κ1) is 11.6. The van der Waals surface area contributed by atoms with E-state index < -0.39 is 0 Å². The largest absolute Gasteiger partial charge is 0.378 e. The van der Waals surface area contributed by atoms with Gasteiger partial charge in [0.2, 0.25) is 0 Å². The van der Waals surface area contributed by atoms with Crippen LogP contribution in [0.4, 0.5) is 5.69 Å². The third-order valence-electron chi connectivity index (χ3n) is 8.90. The first-order chi connectivity index (χ1) is 10.2. The van der Waals surface area contributed by atoms with Gasteiger partial charge in [0.25, 0.3) is 0 Å². The van der Waals surface area contributed by atoms with E-state index in [0.717, 1.165) is 17.8 Å². The Labute approximate surface area is 127 Å². The molecule has 3 spiro atoms. The minimum absolute atomic E-state index is 0.403. The van der Waals surface area contributed by atoms with Crippen molar-refractivity contribution in [3.63, 3.8) is 0 Å². The Balaban J connectivity index is 1.70. The molecular formula is C20H25N. The van der Waals surface area contributed by atoms with Gasteiger partial charge in [-0.3, -0.25) is 0 Å². The number of fused-ring (bicyclic) bond motifs is 1. The van der Waals surface area contributed by atoms with Crippen LogP contribution in [0.25, 0.3) is 0 Å². The van der Waals surface area contributed by atoms with E-state index in [0.29, 0.717) is 16.4 Å². The molecule has 4 saturated carbocycles. The molecule has 0 amide bonds. The molecule has 2 bridgehead atoms. The normalized spacial score (nSPS) is 55.0. The maximum atomic E-state index is 4.12. The Bertz CT molecular complexity index is 651. The van der Waals surface area contributed by atoms with Crippen LogP contribution in [0.3, 0.4) is 0 Å². The van der Waals surface area contributed by atoms with Gasteiger partial charge in [-0.2, -0.15) is 0 Å². The third kappa shape index (κ3) is 0.905. The van der Waals surface area contributed by atoms with Crippen molar-refractivity contribution in [2.75, 3.05) is 5.32 Å². The minimum Gasteiger partial charge on any atom is -0.378 e. The maximum absolute atomic E-state index is 4.12. The minimum atomic E-state index is 0.403. The predicted molar refractivity (Wildman–Crippen MR) is 85.4 cm³/mol. The van der Waals surface area contributed by atoms with Crippen molar-refractivity contribution in [1.29, 1.82) is 0 Å². The standard InChI is InChI=1S/C20H25N/c1-13-18-9-4-5-14-8-10-19(17(14)18)15-6-2-3-7-16(15)21-20(13,19)12-11-18/h2-3,6-7,13-14,17,21H,4-5,8-12H2,1H3. The summed E-state index contributed by atoms with van der Waals surface area (Å²) in [4.78, 5) is 0. The number of hydrogen-bond acceptors (Lipinski definition) is 1. The molecule has 1 N–H and O–H groups in total. The van der Waals surface area contributed by atoms with Crippen LogP contribution < -0.4 is 5.32 Å². The zero-order valence-electron chi connectivity index (χ0n) is 13.0. The lowest BCUT2D eigenvalue weighted by Crippen LogP contribution is -2.53. The lowest BCUT2D eigenvalue weighted by Gasteiger charge is -2.49. The molecule has 6 rings (SSSR count). The molecule has 1 aromatic carbocycles. The maximum Gasteiger partial charge on any atom is 0.0505 e. The summed E-state index contributed by atoms with van der Waals surface area (Å²) in [5.41, 5.74) is 4.76. The van der Waals surface area contributed by atoms with Crippen LogP contribution in [-0.2, 0) is 5.41 Å². The monoisotopic (exact) mass is 279 g/mol. The summed E-state index contributed by atoms with van der Waals surface area (Å²) in [7, 11) is 0. The van der Waals surface area contributed by atoms with Crippen molar-refractivity contribution in [2.45, 2.75) is 62.8 Å². The van der Waals surface area contributed by atoms with E-state index in [2.05, 4.69) is 36.5 Å². The van der Waals surface area contributed by atoms with Crippen molar-refractivity contribution < 1.29 is 0 Å². The highest BCUT2D eigenvalue weighted by Crippen LogP contribution is 2.82. The van der Waals surface area contributed by atoms with E-state index in [9.17, 15) is 0 Å². The molecule has 1 heterocycles. The average molecular weight is 279 g/mol. The summed E-state index contributed by atoms with van der Waals surface area (Å²) in [6, 6.07) is 9.32. The van der Waals surface area contributed by atoms with Gasteiger partial charge in [0.1, 0.15) is 0 Å². The summed E-state index contributed by atoms with van der Waals surface area (Å²) >= 11 is 0. The van der Waals surface area contributed by atoms with Gasteiger partial charge in [-0.15, -0.1) is 0 Å². The Hall–Kier alpha value is -0.980. The molecule has 4 fully saturated rings. The van der Waals surface area contributed by atoms with E-state index in [1.165, 1.54) is 50.6 Å². The summed E-state index contributed by atoms with van der Waals surface area (Å²) in [5, 5.41) is 4.12. The van der Waals surface area contributed by atoms with Crippen molar-refractivity contribution in [2.24, 2.45) is 23.2 Å². The van der Waals surface area contributed by atoms with Crippen LogP contribution in [0, 0.1) is 23.2 Å². The van der Waals surface area contributed by atoms with Crippen LogP contribution in [0.2, 0.25) is 0 Å². The number of rotatable bonds is 0. The van der Waals surface area contributed by atoms with Gasteiger partial charge in [-0.25, -0.2) is 0 Å². The topological polar surface area (TPSA) is 12.0 Å². The molecule has 1 heteroatoms. The second-order valence-corrected chi connectivity index (χ2v) is 8.74. The fourth-order valence-electron chi connectivity index (χ4n) is 8.53. The third-order valence-corrected chi connectivity index (χ3v) is 8.90. The molecule has 6 atom stereocenters. The SMILES string of the molecule is CC1C23CCCC4CCC5(c6ccccc6NC15CC2)C43. The van der Waals surface area contributed by atoms with Gasteiger partial charge < -0.3 is 5.32 Å². The van der Waals surface area contributed by atoms with E-state index in [1.807, 2.05) is 0 Å². The molecule has 5 aliphatic rings. The fraction of sp³-hybridized carbons (Fsp3) is 0.700. The number of anilines is 1. The van der Waals surface area contributed by atoms with Crippen LogP contribution in [0.5, 0.6) is 0 Å². The highest BCUT2D eigenvalue weighted by molar-refractivity contribution is 5.69. The fourth-order valence-corrected chi connectivity index (χ4v) is 8.53. The summed E-state index contributed by atoms with van der Waals surface area (Å²) < 4.78 is 0. The smallest absolute Gasteiger partial charge is 0.0505 e. The van der Waals surface area contributed by atoms with E-state index in [1.54, 1.807) is 5.56 Å². The van der Waals surface area contributed by atoms with Crippen molar-refractivity contribution in [1.82, 2.24) is 0 Å². The molecule has 1 nitrogen and oxygen atoms in total. The molecule has 1 aliphatic heterocycles. The first-order valence-corrected chi connectivity index (χ1v) is 9.12. The van der Waals surface area contributed by atoms with Crippen molar-refractivity contribution in [3.05, 3.63) is 29.8 Å². The molecule has 4 aliphatic carbocycles. The van der Waals surface area contributed by atoms with E-state index in [4.69, 9.17) is 0 Å². The van der Waals surface area contributed by atoms with Gasteiger partial charge in [0.15, 0.2) is 0 Å². The van der Waals surface area contributed by atoms with E-state index >= 15 is 0 Å². The van der Waals surface area contributed by atoms with Gasteiger partial charge >= 0.3 is 0 Å². The molecule has 6 unspecified atom stereocenters. The Kier molecular flexibility index (Phi) is 1.76. The molecule has 0 saturated heterocycles. The van der Waals surface area contributed by atoms with Gasteiger partial charge in [0.05, 0.1) is 5.54 Å². The van der Waals surface area contributed by atoms with Crippen LogP contribution in [0.15, 0.2) is 24.3 Å². The van der Waals surface area contributed by atoms with Crippen molar-refractivity contribution >= 4 is 5.69 Å². The van der Waals surface area contributed by atoms with Crippen LogP contribution in [0.1, 0.15) is 57.4 Å². The number of hydrogen-bond donors (Lipinski definition) is 1. The summed E-state index contributed by atoms with van der Waals surface area (Å²) in [6.45, 7) is 2.61. The molecule has 1 aromatic rings. The Morgan fingerprint density at radius 1 is 1.05 bits per heavy atom. The molecule has 0 aromatic heterocycles. The molecule has 0 radical (unpaired) electrons. The molecule has 21 heavy (non-hydrogen) atoms. The molecule has 110 valence electrons. The number of para-hydroxylation sites is 1. The Morgan fingerprint density at radius 3 is 2.90 bits per heavy atom. The second kappa shape index (κ2) is 3.19. The van der Waals surface area contributed by atoms with Gasteiger partial charge in [-0.05, 0) is 66.9 Å². The first-order valence-electron chi connectivity index (χ1n) is 9.12. The zero-order valence-corrected chi connectivity index (χ0v) is 13.0. The highest BCUT2D eigenvalue weighted by atomic mass is 15.1. The Morgan fingerprint density at radius 2 is 1.95 bits per heavy atom. The number of nitrogens with one attached hydrogen (secondary N) is 1.